The maximum absolute atomic E-state index is 12.8. The van der Waals surface area contributed by atoms with Crippen molar-refractivity contribution in [3.05, 3.63) is 75.1 Å². The normalized spacial score (nSPS) is 14.9. The second-order valence-electron chi connectivity index (χ2n) is 8.14. The van der Waals surface area contributed by atoms with E-state index in [1.165, 1.54) is 0 Å². The fraction of sp³-hybridized carbons (Fsp3) is 0.320. The van der Waals surface area contributed by atoms with E-state index in [4.69, 9.17) is 9.15 Å². The lowest BCUT2D eigenvalue weighted by molar-refractivity contribution is -0.143. The first kappa shape index (κ1) is 21.6. The van der Waals surface area contributed by atoms with E-state index in [2.05, 4.69) is 5.32 Å². The summed E-state index contributed by atoms with van der Waals surface area (Å²) in [5.41, 5.74) is 3.00. The summed E-state index contributed by atoms with van der Waals surface area (Å²) in [4.78, 5) is 37.0. The Kier molecular flexibility index (Phi) is 5.99. The molecule has 0 fully saturated rings. The van der Waals surface area contributed by atoms with E-state index in [1.807, 2.05) is 13.0 Å². The Morgan fingerprint density at radius 2 is 1.78 bits per heavy atom. The van der Waals surface area contributed by atoms with Crippen molar-refractivity contribution >= 4 is 22.8 Å². The third kappa shape index (κ3) is 4.23. The Bertz CT molecular complexity index is 1230. The fourth-order valence-corrected chi connectivity index (χ4v) is 4.20. The molecular formula is C25H25NO6. The summed E-state index contributed by atoms with van der Waals surface area (Å²) >= 11 is 0. The number of hydrogen-bond acceptors (Lipinski definition) is 5. The summed E-state index contributed by atoms with van der Waals surface area (Å²) in [6, 6.07) is 10.9. The summed E-state index contributed by atoms with van der Waals surface area (Å²) in [6.45, 7) is 3.42. The molecule has 0 spiro atoms. The lowest BCUT2D eigenvalue weighted by Crippen LogP contribution is -2.41. The van der Waals surface area contributed by atoms with Crippen molar-refractivity contribution in [2.45, 2.75) is 51.7 Å². The van der Waals surface area contributed by atoms with Crippen LogP contribution in [0.2, 0.25) is 0 Å². The largest absolute Gasteiger partial charge is 0.480 e. The van der Waals surface area contributed by atoms with E-state index < -0.39 is 24.0 Å². The minimum Gasteiger partial charge on any atom is -0.480 e. The van der Waals surface area contributed by atoms with Crippen LogP contribution in [0.3, 0.4) is 0 Å². The van der Waals surface area contributed by atoms with Crippen LogP contribution in [0.4, 0.5) is 0 Å². The Morgan fingerprint density at radius 3 is 2.47 bits per heavy atom. The zero-order valence-corrected chi connectivity index (χ0v) is 18.0. The minimum atomic E-state index is -1.19. The topological polar surface area (TPSA) is 106 Å². The molecule has 2 aromatic carbocycles. The Morgan fingerprint density at radius 1 is 1.09 bits per heavy atom. The summed E-state index contributed by atoms with van der Waals surface area (Å²) in [5, 5.41) is 12.8. The highest BCUT2D eigenvalue weighted by molar-refractivity contribution is 5.90. The van der Waals surface area contributed by atoms with Gasteiger partial charge < -0.3 is 19.6 Å². The molecule has 1 aliphatic rings. The second kappa shape index (κ2) is 8.86. The molecule has 2 N–H and O–H groups in total. The van der Waals surface area contributed by atoms with Gasteiger partial charge in [-0.3, -0.25) is 4.79 Å². The number of nitrogens with one attached hydrogen (secondary N) is 1. The van der Waals surface area contributed by atoms with Crippen molar-refractivity contribution in [1.29, 1.82) is 0 Å². The first-order chi connectivity index (χ1) is 15.3. The molecule has 3 aromatic rings. The number of aryl methyl sites for hydroxylation is 2. The number of carboxylic acids is 1. The third-order valence-electron chi connectivity index (χ3n) is 5.77. The number of aliphatic carboxylic acids is 1. The highest BCUT2D eigenvalue weighted by Gasteiger charge is 2.27. The molecule has 7 heteroatoms. The maximum Gasteiger partial charge on any atom is 0.339 e. The van der Waals surface area contributed by atoms with Crippen molar-refractivity contribution in [3.63, 3.8) is 0 Å². The highest BCUT2D eigenvalue weighted by atomic mass is 16.5. The molecule has 2 atom stereocenters. The van der Waals surface area contributed by atoms with E-state index in [0.717, 1.165) is 30.4 Å². The predicted molar refractivity (Wildman–Crippen MR) is 119 cm³/mol. The zero-order chi connectivity index (χ0) is 22.8. The molecule has 0 saturated heterocycles. The van der Waals surface area contributed by atoms with Crippen molar-refractivity contribution in [1.82, 2.24) is 5.32 Å². The number of benzene rings is 2. The van der Waals surface area contributed by atoms with Crippen LogP contribution in [0.1, 0.15) is 48.1 Å². The minimum absolute atomic E-state index is 0.318. The van der Waals surface area contributed by atoms with Gasteiger partial charge in [0.25, 0.3) is 5.91 Å². The first-order valence-electron chi connectivity index (χ1n) is 10.7. The van der Waals surface area contributed by atoms with Crippen molar-refractivity contribution in [3.8, 4) is 5.75 Å². The van der Waals surface area contributed by atoms with E-state index in [9.17, 15) is 19.5 Å². The molecule has 1 heterocycles. The molecule has 166 valence electrons. The van der Waals surface area contributed by atoms with Crippen LogP contribution in [-0.4, -0.2) is 23.1 Å². The van der Waals surface area contributed by atoms with Gasteiger partial charge in [0.2, 0.25) is 0 Å². The van der Waals surface area contributed by atoms with Crippen LogP contribution < -0.4 is 15.7 Å². The fourth-order valence-electron chi connectivity index (χ4n) is 4.20. The molecule has 1 aromatic heterocycles. The molecule has 7 nitrogen and oxygen atoms in total. The summed E-state index contributed by atoms with van der Waals surface area (Å²) in [7, 11) is 0. The summed E-state index contributed by atoms with van der Waals surface area (Å²) in [6.07, 6.45) is 2.34. The van der Waals surface area contributed by atoms with Gasteiger partial charge in [-0.15, -0.1) is 0 Å². The van der Waals surface area contributed by atoms with Crippen LogP contribution in [-0.2, 0) is 22.4 Å². The monoisotopic (exact) mass is 435 g/mol. The third-order valence-corrected chi connectivity index (χ3v) is 5.77. The zero-order valence-electron chi connectivity index (χ0n) is 18.0. The molecular weight excluding hydrogens is 410 g/mol. The van der Waals surface area contributed by atoms with E-state index in [1.54, 1.807) is 43.3 Å². The number of amides is 1. The lowest BCUT2D eigenvalue weighted by atomic mass is 9.90. The standard InChI is InChI=1S/C25H25NO6/c1-14-12-19(21-17-10-6-7-11-18(17)25(30)32-20(21)13-14)31-15(2)23(27)26-22(24(28)29)16-8-4-3-5-9-16/h3-5,8-9,12-13,15,22H,6-7,10-11H2,1-2H3,(H,26,27)(H,28,29)/t15-,22+/m1/s1. The molecule has 4 rings (SSSR count). The predicted octanol–water partition coefficient (Wildman–Crippen LogP) is 3.69. The van der Waals surface area contributed by atoms with Gasteiger partial charge >= 0.3 is 11.6 Å². The average molecular weight is 435 g/mol. The molecule has 0 unspecified atom stereocenters. The molecule has 0 saturated carbocycles. The van der Waals surface area contributed by atoms with E-state index in [0.29, 0.717) is 34.3 Å². The number of carboxylic acid groups (broad SMARTS) is 1. The van der Waals surface area contributed by atoms with Gasteiger partial charge in [0.1, 0.15) is 11.3 Å². The Labute approximate surface area is 185 Å². The van der Waals surface area contributed by atoms with Crippen molar-refractivity contribution in [2.75, 3.05) is 0 Å². The Balaban J connectivity index is 1.65. The number of carbonyl (C=O) groups is 2. The molecule has 0 aliphatic heterocycles. The average Bonchev–Trinajstić information content (AvgIpc) is 2.77. The van der Waals surface area contributed by atoms with E-state index >= 15 is 0 Å². The van der Waals surface area contributed by atoms with Gasteiger partial charge in [0.15, 0.2) is 12.1 Å². The van der Waals surface area contributed by atoms with Crippen LogP contribution >= 0.6 is 0 Å². The van der Waals surface area contributed by atoms with Gasteiger partial charge in [0, 0.05) is 5.56 Å². The first-order valence-corrected chi connectivity index (χ1v) is 10.7. The van der Waals surface area contributed by atoms with Gasteiger partial charge in [-0.2, -0.15) is 0 Å². The van der Waals surface area contributed by atoms with Gasteiger partial charge in [-0.1, -0.05) is 30.3 Å². The summed E-state index contributed by atoms with van der Waals surface area (Å²) < 4.78 is 11.6. The number of rotatable bonds is 6. The van der Waals surface area contributed by atoms with Gasteiger partial charge in [0.05, 0.1) is 5.39 Å². The highest BCUT2D eigenvalue weighted by Crippen LogP contribution is 2.35. The number of carbonyl (C=O) groups excluding carboxylic acids is 1. The number of ether oxygens (including phenoxy) is 1. The van der Waals surface area contributed by atoms with Crippen LogP contribution in [0.25, 0.3) is 11.0 Å². The summed E-state index contributed by atoms with van der Waals surface area (Å²) in [5.74, 6) is -1.26. The molecule has 0 bridgehead atoms. The van der Waals surface area contributed by atoms with Crippen molar-refractivity contribution in [2.24, 2.45) is 0 Å². The van der Waals surface area contributed by atoms with Crippen LogP contribution in [0.5, 0.6) is 5.75 Å². The molecule has 32 heavy (non-hydrogen) atoms. The van der Waals surface area contributed by atoms with Crippen LogP contribution in [0, 0.1) is 6.92 Å². The van der Waals surface area contributed by atoms with E-state index in [-0.39, 0.29) is 5.63 Å². The molecule has 1 amide bonds. The Hall–Kier alpha value is -3.61. The number of fused-ring (bicyclic) bond motifs is 3. The van der Waals surface area contributed by atoms with Crippen molar-refractivity contribution < 1.29 is 23.8 Å². The maximum atomic E-state index is 12.8. The molecule has 0 radical (unpaired) electrons. The lowest BCUT2D eigenvalue weighted by Gasteiger charge is -2.22. The van der Waals surface area contributed by atoms with Gasteiger partial charge in [-0.05, 0) is 68.4 Å². The SMILES string of the molecule is Cc1cc(O[C@H](C)C(=O)N[C@H](C(=O)O)c2ccccc2)c2c3c(c(=O)oc2c1)CCCC3. The van der Waals surface area contributed by atoms with Gasteiger partial charge in [-0.25, -0.2) is 9.59 Å². The smallest absolute Gasteiger partial charge is 0.339 e. The van der Waals surface area contributed by atoms with Crippen LogP contribution in [0.15, 0.2) is 51.7 Å². The molecule has 1 aliphatic carbocycles. The quantitative estimate of drug-likeness (QED) is 0.572. The number of hydrogen-bond donors (Lipinski definition) is 2. The second-order valence-corrected chi connectivity index (χ2v) is 8.14.